The Morgan fingerprint density at radius 2 is 1.83 bits per heavy atom. The number of benzene rings is 1. The first-order valence-electron chi connectivity index (χ1n) is 7.25. The van der Waals surface area contributed by atoms with Gasteiger partial charge in [0.2, 0.25) is 0 Å². The highest BCUT2D eigenvalue weighted by atomic mass is 15.2. The monoisotopic (exact) mass is 244 g/mol. The van der Waals surface area contributed by atoms with Crippen LogP contribution in [0.4, 0.5) is 0 Å². The summed E-state index contributed by atoms with van der Waals surface area (Å²) in [4.78, 5) is 2.61. The van der Waals surface area contributed by atoms with Gasteiger partial charge in [-0.25, -0.2) is 0 Å². The van der Waals surface area contributed by atoms with Crippen LogP contribution in [0.15, 0.2) is 18.2 Å². The summed E-state index contributed by atoms with van der Waals surface area (Å²) >= 11 is 0. The molecule has 1 aromatic rings. The topological polar surface area (TPSA) is 15.3 Å². The van der Waals surface area contributed by atoms with Gasteiger partial charge in [-0.05, 0) is 62.4 Å². The molecule has 3 aliphatic heterocycles. The summed E-state index contributed by atoms with van der Waals surface area (Å²) in [5.74, 6) is 0.916. The van der Waals surface area contributed by atoms with Crippen LogP contribution >= 0.6 is 0 Å². The van der Waals surface area contributed by atoms with Crippen molar-refractivity contribution in [3.63, 3.8) is 0 Å². The summed E-state index contributed by atoms with van der Waals surface area (Å²) in [6.07, 6.45) is 2.79. The van der Waals surface area contributed by atoms with E-state index in [9.17, 15) is 0 Å². The Hall–Kier alpha value is -0.860. The zero-order valence-electron chi connectivity index (χ0n) is 11.6. The van der Waals surface area contributed by atoms with Gasteiger partial charge < -0.3 is 10.2 Å². The smallest absolute Gasteiger partial charge is 0.0227 e. The summed E-state index contributed by atoms with van der Waals surface area (Å²) in [5, 5.41) is 3.81. The minimum Gasteiger partial charge on any atom is -0.308 e. The summed E-state index contributed by atoms with van der Waals surface area (Å²) in [7, 11) is 0. The van der Waals surface area contributed by atoms with E-state index in [1.165, 1.54) is 49.2 Å². The summed E-state index contributed by atoms with van der Waals surface area (Å²) in [5.41, 5.74) is 4.33. The van der Waals surface area contributed by atoms with Crippen molar-refractivity contribution in [3.05, 3.63) is 34.9 Å². The normalized spacial score (nSPS) is 30.7. The minimum atomic E-state index is 0.714. The second-order valence-electron chi connectivity index (χ2n) is 6.00. The Morgan fingerprint density at radius 1 is 1.17 bits per heavy atom. The maximum absolute atomic E-state index is 3.81. The fraction of sp³-hybridized carbons (Fsp3) is 0.625. The maximum Gasteiger partial charge on any atom is 0.0227 e. The van der Waals surface area contributed by atoms with E-state index in [2.05, 4.69) is 42.3 Å². The third kappa shape index (κ3) is 2.32. The second-order valence-corrected chi connectivity index (χ2v) is 6.00. The molecule has 2 nitrogen and oxygen atoms in total. The van der Waals surface area contributed by atoms with Gasteiger partial charge in [-0.1, -0.05) is 18.2 Å². The molecule has 18 heavy (non-hydrogen) atoms. The molecule has 0 spiro atoms. The van der Waals surface area contributed by atoms with Gasteiger partial charge in [0.1, 0.15) is 0 Å². The van der Waals surface area contributed by atoms with E-state index < -0.39 is 0 Å². The van der Waals surface area contributed by atoms with Crippen molar-refractivity contribution in [3.8, 4) is 0 Å². The molecule has 0 amide bonds. The lowest BCUT2D eigenvalue weighted by Gasteiger charge is -2.45. The number of hydrogen-bond donors (Lipinski definition) is 1. The van der Waals surface area contributed by atoms with Crippen LogP contribution in [-0.2, 0) is 6.54 Å². The van der Waals surface area contributed by atoms with Crippen LogP contribution in [0, 0.1) is 19.8 Å². The minimum absolute atomic E-state index is 0.714. The summed E-state index contributed by atoms with van der Waals surface area (Å²) in [6, 6.07) is 7.32. The fourth-order valence-corrected chi connectivity index (χ4v) is 3.56. The van der Waals surface area contributed by atoms with Gasteiger partial charge in [0, 0.05) is 19.1 Å². The molecule has 1 unspecified atom stereocenters. The van der Waals surface area contributed by atoms with Crippen molar-refractivity contribution < 1.29 is 0 Å². The number of piperidine rings is 3. The lowest BCUT2D eigenvalue weighted by molar-refractivity contribution is 0.0719. The number of nitrogens with zero attached hydrogens (tertiary/aromatic N) is 1. The maximum atomic E-state index is 3.81. The van der Waals surface area contributed by atoms with Crippen LogP contribution in [0.1, 0.15) is 29.5 Å². The molecular weight excluding hydrogens is 220 g/mol. The van der Waals surface area contributed by atoms with Crippen LogP contribution in [0.25, 0.3) is 0 Å². The molecule has 4 rings (SSSR count). The van der Waals surface area contributed by atoms with Crippen LogP contribution < -0.4 is 5.32 Å². The molecule has 0 radical (unpaired) electrons. The molecule has 98 valence electrons. The van der Waals surface area contributed by atoms with Crippen molar-refractivity contribution in [2.75, 3.05) is 19.6 Å². The highest BCUT2D eigenvalue weighted by Gasteiger charge is 2.33. The molecule has 0 aliphatic carbocycles. The average molecular weight is 244 g/mol. The van der Waals surface area contributed by atoms with Crippen LogP contribution in [0.3, 0.4) is 0 Å². The Balaban J connectivity index is 1.64. The van der Waals surface area contributed by atoms with Crippen LogP contribution in [0.5, 0.6) is 0 Å². The molecule has 3 aliphatic rings. The van der Waals surface area contributed by atoms with Gasteiger partial charge in [-0.3, -0.25) is 0 Å². The van der Waals surface area contributed by atoms with E-state index in [-0.39, 0.29) is 0 Å². The van der Waals surface area contributed by atoms with Gasteiger partial charge in [-0.15, -0.1) is 0 Å². The highest BCUT2D eigenvalue weighted by Crippen LogP contribution is 2.27. The molecule has 2 bridgehead atoms. The zero-order chi connectivity index (χ0) is 12.5. The number of hydrogen-bond acceptors (Lipinski definition) is 2. The fourth-order valence-electron chi connectivity index (χ4n) is 3.56. The van der Waals surface area contributed by atoms with E-state index in [4.69, 9.17) is 0 Å². The van der Waals surface area contributed by atoms with Gasteiger partial charge in [0.15, 0.2) is 0 Å². The lowest BCUT2D eigenvalue weighted by Crippen LogP contribution is -2.55. The van der Waals surface area contributed by atoms with Crippen LogP contribution in [-0.4, -0.2) is 30.6 Å². The molecule has 1 aromatic carbocycles. The number of fused-ring (bicyclic) bond motifs is 3. The molecule has 0 aromatic heterocycles. The van der Waals surface area contributed by atoms with Gasteiger partial charge >= 0.3 is 0 Å². The Bertz CT molecular complexity index is 399. The van der Waals surface area contributed by atoms with Gasteiger partial charge in [0.05, 0.1) is 0 Å². The Morgan fingerprint density at radius 3 is 2.39 bits per heavy atom. The molecule has 2 heteroatoms. The standard InChI is InChI=1S/C16H24N2/c1-12-4-3-5-13(2)15(12)10-17-16-11-18-8-6-14(16)7-9-18/h3-5,14,16-17H,6-11H2,1-2H3. The number of aryl methyl sites for hydroxylation is 2. The first kappa shape index (κ1) is 12.2. The summed E-state index contributed by atoms with van der Waals surface area (Å²) < 4.78 is 0. The third-order valence-electron chi connectivity index (χ3n) is 4.84. The van der Waals surface area contributed by atoms with E-state index in [0.29, 0.717) is 6.04 Å². The van der Waals surface area contributed by atoms with E-state index >= 15 is 0 Å². The van der Waals surface area contributed by atoms with Crippen molar-refractivity contribution in [2.45, 2.75) is 39.3 Å². The number of rotatable bonds is 3. The molecule has 3 saturated heterocycles. The Kier molecular flexibility index (Phi) is 3.40. The van der Waals surface area contributed by atoms with Crippen LogP contribution in [0.2, 0.25) is 0 Å². The molecule has 3 fully saturated rings. The highest BCUT2D eigenvalue weighted by molar-refractivity contribution is 5.33. The first-order valence-corrected chi connectivity index (χ1v) is 7.25. The molecular formula is C16H24N2. The average Bonchev–Trinajstić information content (AvgIpc) is 2.39. The van der Waals surface area contributed by atoms with Gasteiger partial charge in [0.25, 0.3) is 0 Å². The lowest BCUT2D eigenvalue weighted by atomic mass is 9.84. The molecule has 1 N–H and O–H groups in total. The first-order chi connectivity index (χ1) is 8.74. The Labute approximate surface area is 110 Å². The quantitative estimate of drug-likeness (QED) is 0.879. The zero-order valence-corrected chi connectivity index (χ0v) is 11.6. The van der Waals surface area contributed by atoms with Crippen molar-refractivity contribution in [1.29, 1.82) is 0 Å². The second kappa shape index (κ2) is 5.02. The SMILES string of the molecule is Cc1cccc(C)c1CNC1CN2CCC1CC2. The third-order valence-corrected chi connectivity index (χ3v) is 4.84. The summed E-state index contributed by atoms with van der Waals surface area (Å²) in [6.45, 7) is 9.39. The van der Waals surface area contributed by atoms with Crippen molar-refractivity contribution in [2.24, 2.45) is 5.92 Å². The largest absolute Gasteiger partial charge is 0.308 e. The number of nitrogens with one attached hydrogen (secondary N) is 1. The molecule has 0 saturated carbocycles. The van der Waals surface area contributed by atoms with E-state index in [1.54, 1.807) is 0 Å². The molecule has 3 heterocycles. The molecule has 1 atom stereocenters. The predicted octanol–water partition coefficient (Wildman–Crippen LogP) is 2.49. The van der Waals surface area contributed by atoms with Gasteiger partial charge in [-0.2, -0.15) is 0 Å². The predicted molar refractivity (Wildman–Crippen MR) is 75.7 cm³/mol. The van der Waals surface area contributed by atoms with E-state index in [1.807, 2.05) is 0 Å². The van der Waals surface area contributed by atoms with Crippen molar-refractivity contribution >= 4 is 0 Å². The van der Waals surface area contributed by atoms with E-state index in [0.717, 1.165) is 12.5 Å². The van der Waals surface area contributed by atoms with Crippen molar-refractivity contribution in [1.82, 2.24) is 10.2 Å².